The summed E-state index contributed by atoms with van der Waals surface area (Å²) < 4.78 is 5.63. The molecular formula is C13H16O. The number of hydrogen-bond donors (Lipinski definition) is 0. The topological polar surface area (TPSA) is 9.23 Å². The maximum Gasteiger partial charge on any atom is 0.123 e. The lowest BCUT2D eigenvalue weighted by Crippen LogP contribution is -1.98. The van der Waals surface area contributed by atoms with E-state index < -0.39 is 0 Å². The van der Waals surface area contributed by atoms with Crippen LogP contribution >= 0.6 is 0 Å². The largest absolute Gasteiger partial charge is 0.489 e. The minimum Gasteiger partial charge on any atom is -0.489 e. The number of benzene rings is 1. The average Bonchev–Trinajstić information content (AvgIpc) is 2.66. The smallest absolute Gasteiger partial charge is 0.123 e. The Hall–Kier alpha value is -1.24. The third kappa shape index (κ3) is 1.54. The lowest BCUT2D eigenvalue weighted by atomic mass is 10.0. The van der Waals surface area contributed by atoms with Gasteiger partial charge in [-0.25, -0.2) is 0 Å². The van der Waals surface area contributed by atoms with Crippen molar-refractivity contribution < 1.29 is 4.74 Å². The van der Waals surface area contributed by atoms with Gasteiger partial charge >= 0.3 is 0 Å². The van der Waals surface area contributed by atoms with Gasteiger partial charge in [-0.05, 0) is 48.9 Å². The van der Waals surface area contributed by atoms with E-state index in [4.69, 9.17) is 4.74 Å². The highest BCUT2D eigenvalue weighted by Gasteiger charge is 2.17. The van der Waals surface area contributed by atoms with E-state index in [0.29, 0.717) is 6.61 Å². The Labute approximate surface area is 85.4 Å². The van der Waals surface area contributed by atoms with E-state index in [2.05, 4.69) is 25.6 Å². The van der Waals surface area contributed by atoms with Crippen LogP contribution in [0.15, 0.2) is 24.8 Å². The molecule has 0 heterocycles. The van der Waals surface area contributed by atoms with Gasteiger partial charge in [-0.15, -0.1) is 0 Å². The molecule has 0 fully saturated rings. The lowest BCUT2D eigenvalue weighted by Gasteiger charge is -2.10. The Morgan fingerprint density at radius 2 is 2.14 bits per heavy atom. The van der Waals surface area contributed by atoms with E-state index in [1.165, 1.54) is 36.0 Å². The molecule has 1 heteroatoms. The second-order valence-corrected chi connectivity index (χ2v) is 3.79. The number of aryl methyl sites for hydroxylation is 1. The Morgan fingerprint density at radius 1 is 1.36 bits per heavy atom. The SMILES string of the molecule is C=CCOc1ccc(C)c2c1CCC2. The first-order valence-electron chi connectivity index (χ1n) is 5.18. The van der Waals surface area contributed by atoms with Crippen LogP contribution < -0.4 is 4.74 Å². The van der Waals surface area contributed by atoms with Crippen molar-refractivity contribution in [2.75, 3.05) is 6.61 Å². The van der Waals surface area contributed by atoms with Crippen molar-refractivity contribution in [1.29, 1.82) is 0 Å². The summed E-state index contributed by atoms with van der Waals surface area (Å²) in [5.41, 5.74) is 4.34. The lowest BCUT2D eigenvalue weighted by molar-refractivity contribution is 0.359. The molecule has 0 aromatic heterocycles. The molecule has 0 saturated carbocycles. The summed E-state index contributed by atoms with van der Waals surface area (Å²) >= 11 is 0. The molecule has 0 spiro atoms. The molecule has 0 bridgehead atoms. The zero-order chi connectivity index (χ0) is 9.97. The number of fused-ring (bicyclic) bond motifs is 1. The van der Waals surface area contributed by atoms with E-state index in [0.717, 1.165) is 5.75 Å². The first kappa shape index (κ1) is 9.32. The van der Waals surface area contributed by atoms with Crippen LogP contribution in [0.25, 0.3) is 0 Å². The average molecular weight is 188 g/mol. The molecule has 1 aromatic carbocycles. The Kier molecular flexibility index (Phi) is 2.58. The van der Waals surface area contributed by atoms with Gasteiger partial charge < -0.3 is 4.74 Å². The van der Waals surface area contributed by atoms with Crippen molar-refractivity contribution in [1.82, 2.24) is 0 Å². The van der Waals surface area contributed by atoms with Crippen LogP contribution in [-0.4, -0.2) is 6.61 Å². The van der Waals surface area contributed by atoms with Crippen molar-refractivity contribution >= 4 is 0 Å². The summed E-state index contributed by atoms with van der Waals surface area (Å²) in [4.78, 5) is 0. The summed E-state index contributed by atoms with van der Waals surface area (Å²) in [6.45, 7) is 6.45. The van der Waals surface area contributed by atoms with E-state index >= 15 is 0 Å². The number of rotatable bonds is 3. The van der Waals surface area contributed by atoms with Gasteiger partial charge in [0.2, 0.25) is 0 Å². The van der Waals surface area contributed by atoms with Crippen molar-refractivity contribution in [3.8, 4) is 5.75 Å². The summed E-state index contributed by atoms with van der Waals surface area (Å²) in [6, 6.07) is 4.24. The van der Waals surface area contributed by atoms with Gasteiger partial charge in [-0.1, -0.05) is 18.7 Å². The monoisotopic (exact) mass is 188 g/mol. The molecule has 74 valence electrons. The number of hydrogen-bond acceptors (Lipinski definition) is 1. The molecule has 0 N–H and O–H groups in total. The minimum absolute atomic E-state index is 0.607. The van der Waals surface area contributed by atoms with E-state index in [-0.39, 0.29) is 0 Å². The maximum absolute atomic E-state index is 5.63. The molecule has 0 saturated heterocycles. The third-order valence-corrected chi connectivity index (χ3v) is 2.83. The van der Waals surface area contributed by atoms with Gasteiger partial charge in [-0.3, -0.25) is 0 Å². The summed E-state index contributed by atoms with van der Waals surface area (Å²) in [7, 11) is 0. The van der Waals surface area contributed by atoms with Crippen LogP contribution in [0.5, 0.6) is 5.75 Å². The molecule has 14 heavy (non-hydrogen) atoms. The summed E-state index contributed by atoms with van der Waals surface area (Å²) in [5, 5.41) is 0. The molecule has 1 aromatic rings. The predicted octanol–water partition coefficient (Wildman–Crippen LogP) is 3.05. The molecule has 0 radical (unpaired) electrons. The fourth-order valence-corrected chi connectivity index (χ4v) is 2.14. The first-order chi connectivity index (χ1) is 6.83. The molecule has 1 aliphatic carbocycles. The highest BCUT2D eigenvalue weighted by atomic mass is 16.5. The van der Waals surface area contributed by atoms with E-state index in [1.807, 2.05) is 0 Å². The quantitative estimate of drug-likeness (QED) is 0.662. The van der Waals surface area contributed by atoms with Gasteiger partial charge in [-0.2, -0.15) is 0 Å². The molecule has 2 rings (SSSR count). The normalized spacial score (nSPS) is 13.8. The summed E-state index contributed by atoms with van der Waals surface area (Å²) in [5.74, 6) is 1.06. The Bertz CT molecular complexity index is 352. The van der Waals surface area contributed by atoms with Crippen LogP contribution in [0.4, 0.5) is 0 Å². The zero-order valence-electron chi connectivity index (χ0n) is 8.68. The Morgan fingerprint density at radius 3 is 2.93 bits per heavy atom. The predicted molar refractivity (Wildman–Crippen MR) is 58.9 cm³/mol. The van der Waals surface area contributed by atoms with Crippen LogP contribution in [-0.2, 0) is 12.8 Å². The second-order valence-electron chi connectivity index (χ2n) is 3.79. The van der Waals surface area contributed by atoms with Crippen molar-refractivity contribution in [3.63, 3.8) is 0 Å². The minimum atomic E-state index is 0.607. The first-order valence-corrected chi connectivity index (χ1v) is 5.18. The van der Waals surface area contributed by atoms with Crippen LogP contribution in [0.3, 0.4) is 0 Å². The van der Waals surface area contributed by atoms with Crippen LogP contribution in [0.1, 0.15) is 23.1 Å². The van der Waals surface area contributed by atoms with Gasteiger partial charge in [0.25, 0.3) is 0 Å². The molecule has 0 amide bonds. The molecular weight excluding hydrogens is 172 g/mol. The van der Waals surface area contributed by atoms with Gasteiger partial charge in [0.15, 0.2) is 0 Å². The molecule has 1 nitrogen and oxygen atoms in total. The van der Waals surface area contributed by atoms with Crippen LogP contribution in [0, 0.1) is 6.92 Å². The Balaban J connectivity index is 2.33. The van der Waals surface area contributed by atoms with Crippen molar-refractivity contribution in [2.45, 2.75) is 26.2 Å². The van der Waals surface area contributed by atoms with Crippen LogP contribution in [0.2, 0.25) is 0 Å². The third-order valence-electron chi connectivity index (χ3n) is 2.83. The molecule has 0 aliphatic heterocycles. The van der Waals surface area contributed by atoms with Crippen molar-refractivity contribution in [3.05, 3.63) is 41.5 Å². The molecule has 1 aliphatic rings. The van der Waals surface area contributed by atoms with Crippen molar-refractivity contribution in [2.24, 2.45) is 0 Å². The zero-order valence-corrected chi connectivity index (χ0v) is 8.68. The fourth-order valence-electron chi connectivity index (χ4n) is 2.14. The van der Waals surface area contributed by atoms with Gasteiger partial charge in [0.1, 0.15) is 12.4 Å². The second kappa shape index (κ2) is 3.87. The molecule has 0 atom stereocenters. The maximum atomic E-state index is 5.63. The standard InChI is InChI=1S/C13H16O/c1-3-9-14-13-8-7-10(2)11-5-4-6-12(11)13/h3,7-8H,1,4-6,9H2,2H3. The van der Waals surface area contributed by atoms with Gasteiger partial charge in [0.05, 0.1) is 0 Å². The molecule has 0 unspecified atom stereocenters. The number of ether oxygens (including phenoxy) is 1. The summed E-state index contributed by atoms with van der Waals surface area (Å²) in [6.07, 6.45) is 5.45. The van der Waals surface area contributed by atoms with Gasteiger partial charge in [0, 0.05) is 0 Å². The highest BCUT2D eigenvalue weighted by Crippen LogP contribution is 2.32. The van der Waals surface area contributed by atoms with E-state index in [1.54, 1.807) is 6.08 Å². The van der Waals surface area contributed by atoms with E-state index in [9.17, 15) is 0 Å². The highest BCUT2D eigenvalue weighted by molar-refractivity contribution is 5.47. The fraction of sp³-hybridized carbons (Fsp3) is 0.385.